The highest BCUT2D eigenvalue weighted by atomic mass is 16.5. The molecule has 0 amide bonds. The van der Waals surface area contributed by atoms with Crippen LogP contribution in [-0.2, 0) is 4.74 Å². The van der Waals surface area contributed by atoms with Crippen molar-refractivity contribution < 1.29 is 14.3 Å². The summed E-state index contributed by atoms with van der Waals surface area (Å²) in [5.74, 6) is -0.776. The summed E-state index contributed by atoms with van der Waals surface area (Å²) in [7, 11) is 1.27. The Morgan fingerprint density at radius 1 is 1.07 bits per heavy atom. The molecule has 0 aliphatic carbocycles. The van der Waals surface area contributed by atoms with Gasteiger partial charge in [0.15, 0.2) is 5.78 Å². The van der Waals surface area contributed by atoms with Gasteiger partial charge in [0, 0.05) is 0 Å². The van der Waals surface area contributed by atoms with E-state index in [-0.39, 0.29) is 16.9 Å². The van der Waals surface area contributed by atoms with E-state index in [4.69, 9.17) is 0 Å². The SMILES string of the molecule is COC(=O)c1c(C)nnc(C)c1C(C)=O. The zero-order valence-corrected chi connectivity index (χ0v) is 9.12. The molecule has 1 aromatic heterocycles. The Balaban J connectivity index is 3.52. The summed E-state index contributed by atoms with van der Waals surface area (Å²) in [6, 6.07) is 0. The number of carbonyl (C=O) groups is 2. The molecule has 0 aromatic carbocycles. The van der Waals surface area contributed by atoms with Crippen LogP contribution in [0.4, 0.5) is 0 Å². The van der Waals surface area contributed by atoms with E-state index in [0.29, 0.717) is 11.4 Å². The van der Waals surface area contributed by atoms with Crippen molar-refractivity contribution in [2.24, 2.45) is 0 Å². The van der Waals surface area contributed by atoms with Gasteiger partial charge in [0.1, 0.15) is 0 Å². The molecule has 0 unspecified atom stereocenters. The van der Waals surface area contributed by atoms with Crippen molar-refractivity contribution in [2.45, 2.75) is 20.8 Å². The molecule has 0 radical (unpaired) electrons. The van der Waals surface area contributed by atoms with Crippen LogP contribution in [0.5, 0.6) is 0 Å². The van der Waals surface area contributed by atoms with Gasteiger partial charge >= 0.3 is 5.97 Å². The minimum atomic E-state index is -0.560. The Morgan fingerprint density at radius 2 is 1.53 bits per heavy atom. The molecule has 0 aliphatic heterocycles. The first kappa shape index (κ1) is 11.3. The first-order chi connectivity index (χ1) is 6.99. The first-order valence-electron chi connectivity index (χ1n) is 4.42. The standard InChI is InChI=1S/C10H12N2O3/c1-5-8(7(3)13)9(10(14)15-4)6(2)12-11-5/h1-4H3. The molecular weight excluding hydrogens is 196 g/mol. The number of hydrogen-bond donors (Lipinski definition) is 0. The van der Waals surface area contributed by atoms with Crippen LogP contribution in [0.25, 0.3) is 0 Å². The van der Waals surface area contributed by atoms with Gasteiger partial charge in [0.25, 0.3) is 0 Å². The van der Waals surface area contributed by atoms with Crippen LogP contribution in [-0.4, -0.2) is 29.1 Å². The zero-order valence-electron chi connectivity index (χ0n) is 9.12. The number of esters is 1. The average Bonchev–Trinajstić information content (AvgIpc) is 2.19. The monoisotopic (exact) mass is 208 g/mol. The lowest BCUT2D eigenvalue weighted by Gasteiger charge is -2.08. The van der Waals surface area contributed by atoms with Crippen molar-refractivity contribution in [2.75, 3.05) is 7.11 Å². The molecule has 1 rings (SSSR count). The second kappa shape index (κ2) is 4.16. The number of ketones is 1. The number of ether oxygens (including phenoxy) is 1. The van der Waals surface area contributed by atoms with Crippen LogP contribution in [0.2, 0.25) is 0 Å². The van der Waals surface area contributed by atoms with E-state index in [1.807, 2.05) is 0 Å². The van der Waals surface area contributed by atoms with Crippen molar-refractivity contribution >= 4 is 11.8 Å². The number of methoxy groups -OCH3 is 1. The molecule has 1 heterocycles. The number of hydrogen-bond acceptors (Lipinski definition) is 5. The predicted molar refractivity (Wildman–Crippen MR) is 52.9 cm³/mol. The number of aromatic nitrogens is 2. The minimum Gasteiger partial charge on any atom is -0.465 e. The van der Waals surface area contributed by atoms with Crippen LogP contribution in [0.3, 0.4) is 0 Å². The minimum absolute atomic E-state index is 0.206. The van der Waals surface area contributed by atoms with Crippen LogP contribution >= 0.6 is 0 Å². The summed E-state index contributed by atoms with van der Waals surface area (Å²) in [4.78, 5) is 22.9. The lowest BCUT2D eigenvalue weighted by molar-refractivity contribution is 0.0595. The van der Waals surface area contributed by atoms with Crippen molar-refractivity contribution in [1.29, 1.82) is 0 Å². The Labute approximate surface area is 87.5 Å². The third kappa shape index (κ3) is 2.01. The van der Waals surface area contributed by atoms with Gasteiger partial charge in [-0.25, -0.2) is 4.79 Å². The average molecular weight is 208 g/mol. The van der Waals surface area contributed by atoms with E-state index >= 15 is 0 Å². The van der Waals surface area contributed by atoms with Gasteiger partial charge in [-0.1, -0.05) is 0 Å². The molecule has 0 N–H and O–H groups in total. The highest BCUT2D eigenvalue weighted by Crippen LogP contribution is 2.16. The maximum atomic E-state index is 11.5. The third-order valence-corrected chi connectivity index (χ3v) is 2.07. The summed E-state index contributed by atoms with van der Waals surface area (Å²) < 4.78 is 4.60. The fraction of sp³-hybridized carbons (Fsp3) is 0.400. The summed E-state index contributed by atoms with van der Waals surface area (Å²) in [5.41, 5.74) is 1.33. The number of aryl methyl sites for hydroxylation is 2. The fourth-order valence-corrected chi connectivity index (χ4v) is 1.39. The molecule has 0 atom stereocenters. The highest BCUT2D eigenvalue weighted by molar-refractivity contribution is 6.06. The molecule has 5 heteroatoms. The van der Waals surface area contributed by atoms with Gasteiger partial charge in [0.05, 0.1) is 29.6 Å². The molecule has 0 aliphatic rings. The van der Waals surface area contributed by atoms with Crippen LogP contribution in [0, 0.1) is 13.8 Å². The van der Waals surface area contributed by atoms with Gasteiger partial charge in [-0.3, -0.25) is 4.79 Å². The topological polar surface area (TPSA) is 69.2 Å². The Bertz CT molecular complexity index is 427. The second-order valence-corrected chi connectivity index (χ2v) is 3.17. The molecule has 5 nitrogen and oxygen atoms in total. The largest absolute Gasteiger partial charge is 0.465 e. The highest BCUT2D eigenvalue weighted by Gasteiger charge is 2.21. The lowest BCUT2D eigenvalue weighted by atomic mass is 10.0. The fourth-order valence-electron chi connectivity index (χ4n) is 1.39. The van der Waals surface area contributed by atoms with Crippen LogP contribution in [0.1, 0.15) is 39.0 Å². The van der Waals surface area contributed by atoms with E-state index in [1.165, 1.54) is 14.0 Å². The maximum absolute atomic E-state index is 11.5. The van der Waals surface area contributed by atoms with Gasteiger partial charge in [-0.05, 0) is 20.8 Å². The molecule has 0 spiro atoms. The Hall–Kier alpha value is -1.78. The molecule has 0 bridgehead atoms. The van der Waals surface area contributed by atoms with Crippen LogP contribution in [0.15, 0.2) is 0 Å². The molecule has 0 saturated heterocycles. The smallest absolute Gasteiger partial charge is 0.340 e. The maximum Gasteiger partial charge on any atom is 0.340 e. The van der Waals surface area contributed by atoms with Crippen molar-refractivity contribution in [3.05, 3.63) is 22.5 Å². The van der Waals surface area contributed by atoms with E-state index in [0.717, 1.165) is 0 Å². The molecule has 80 valence electrons. The number of nitrogens with zero attached hydrogens (tertiary/aromatic N) is 2. The molecule has 0 saturated carbocycles. The summed E-state index contributed by atoms with van der Waals surface area (Å²) >= 11 is 0. The lowest BCUT2D eigenvalue weighted by Crippen LogP contribution is -2.15. The number of rotatable bonds is 2. The van der Waals surface area contributed by atoms with Crippen molar-refractivity contribution in [3.63, 3.8) is 0 Å². The normalized spacial score (nSPS) is 9.87. The first-order valence-corrected chi connectivity index (χ1v) is 4.42. The Kier molecular flexibility index (Phi) is 3.14. The zero-order chi connectivity index (χ0) is 11.6. The predicted octanol–water partition coefficient (Wildman–Crippen LogP) is 1.08. The Morgan fingerprint density at radius 3 is 1.93 bits per heavy atom. The van der Waals surface area contributed by atoms with E-state index in [1.54, 1.807) is 13.8 Å². The molecular formula is C10H12N2O3. The van der Waals surface area contributed by atoms with E-state index < -0.39 is 5.97 Å². The number of carbonyl (C=O) groups excluding carboxylic acids is 2. The van der Waals surface area contributed by atoms with Gasteiger partial charge in [-0.2, -0.15) is 10.2 Å². The van der Waals surface area contributed by atoms with Crippen LogP contribution < -0.4 is 0 Å². The molecule has 15 heavy (non-hydrogen) atoms. The van der Waals surface area contributed by atoms with E-state index in [2.05, 4.69) is 14.9 Å². The molecule has 0 fully saturated rings. The van der Waals surface area contributed by atoms with E-state index in [9.17, 15) is 9.59 Å². The second-order valence-electron chi connectivity index (χ2n) is 3.17. The summed E-state index contributed by atoms with van der Waals surface area (Å²) in [6.07, 6.45) is 0. The van der Waals surface area contributed by atoms with Gasteiger partial charge in [-0.15, -0.1) is 0 Å². The van der Waals surface area contributed by atoms with Crippen molar-refractivity contribution in [1.82, 2.24) is 10.2 Å². The summed E-state index contributed by atoms with van der Waals surface area (Å²) in [6.45, 7) is 4.64. The quantitative estimate of drug-likeness (QED) is 0.537. The van der Waals surface area contributed by atoms with Crippen molar-refractivity contribution in [3.8, 4) is 0 Å². The van der Waals surface area contributed by atoms with Gasteiger partial charge in [0.2, 0.25) is 0 Å². The third-order valence-electron chi connectivity index (χ3n) is 2.07. The van der Waals surface area contributed by atoms with Gasteiger partial charge < -0.3 is 4.74 Å². The number of Topliss-reactive ketones (excluding diaryl/α,β-unsaturated/α-hetero) is 1. The molecule has 1 aromatic rings. The summed E-state index contributed by atoms with van der Waals surface area (Å²) in [5, 5.41) is 7.59.